The van der Waals surface area contributed by atoms with Crippen LogP contribution in [0, 0.1) is 0 Å². The van der Waals surface area contributed by atoms with Gasteiger partial charge in [0.2, 0.25) is 0 Å². The Hall–Kier alpha value is -2.35. The van der Waals surface area contributed by atoms with E-state index in [1.807, 2.05) is 13.8 Å². The molecule has 5 nitrogen and oxygen atoms in total. The molecule has 8 heteroatoms. The average molecular weight is 355 g/mol. The van der Waals surface area contributed by atoms with Crippen molar-refractivity contribution < 1.29 is 23.1 Å². The maximum atomic E-state index is 13.0. The minimum atomic E-state index is -4.57. The van der Waals surface area contributed by atoms with E-state index in [1.165, 1.54) is 22.9 Å². The van der Waals surface area contributed by atoms with Crippen LogP contribution in [0.15, 0.2) is 30.3 Å². The fourth-order valence-corrected chi connectivity index (χ4v) is 2.42. The van der Waals surface area contributed by atoms with Crippen molar-refractivity contribution in [2.75, 3.05) is 6.54 Å². The summed E-state index contributed by atoms with van der Waals surface area (Å²) >= 11 is 0. The van der Waals surface area contributed by atoms with Gasteiger partial charge in [0.1, 0.15) is 5.69 Å². The number of aryl methyl sites for hydroxylation is 1. The molecule has 2 rings (SSSR count). The minimum Gasteiger partial charge on any atom is -0.387 e. The molecule has 1 aromatic heterocycles. The summed E-state index contributed by atoms with van der Waals surface area (Å²) in [4.78, 5) is 12.2. The van der Waals surface area contributed by atoms with Gasteiger partial charge in [-0.3, -0.25) is 9.48 Å². The number of carbonyl (C=O) groups is 1. The summed E-state index contributed by atoms with van der Waals surface area (Å²) in [5.74, 6) is -0.373. The highest BCUT2D eigenvalue weighted by Gasteiger charge is 2.34. The van der Waals surface area contributed by atoms with E-state index in [1.54, 1.807) is 13.1 Å². The van der Waals surface area contributed by atoms with Crippen LogP contribution < -0.4 is 5.32 Å². The molecule has 25 heavy (non-hydrogen) atoms. The molecule has 2 aromatic rings. The molecule has 1 heterocycles. The van der Waals surface area contributed by atoms with Crippen LogP contribution in [0.5, 0.6) is 0 Å². The standard InChI is InChI=1S/C17H20F3N3O2/c1-10(2)13-8-14(23(3)22-13)16(25)21-9-15(24)11-6-4-5-7-12(11)17(18,19)20/h4-8,10,15,24H,9H2,1-3H3,(H,21,25). The lowest BCUT2D eigenvalue weighted by Gasteiger charge is -2.17. The number of halogens is 3. The quantitative estimate of drug-likeness (QED) is 0.866. The predicted octanol–water partition coefficient (Wildman–Crippen LogP) is 3.03. The summed E-state index contributed by atoms with van der Waals surface area (Å²) in [6.45, 7) is 3.53. The minimum absolute atomic E-state index is 0.136. The van der Waals surface area contributed by atoms with Crippen molar-refractivity contribution in [2.24, 2.45) is 7.05 Å². The molecular weight excluding hydrogens is 335 g/mol. The van der Waals surface area contributed by atoms with Crippen LogP contribution >= 0.6 is 0 Å². The molecule has 0 aliphatic heterocycles. The molecule has 2 N–H and O–H groups in total. The smallest absolute Gasteiger partial charge is 0.387 e. The van der Waals surface area contributed by atoms with Crippen molar-refractivity contribution in [3.8, 4) is 0 Å². The van der Waals surface area contributed by atoms with Gasteiger partial charge in [0, 0.05) is 13.6 Å². The number of carbonyl (C=O) groups excluding carboxylic acids is 1. The summed E-state index contributed by atoms with van der Waals surface area (Å²) in [5.41, 5.74) is -0.182. The molecule has 0 bridgehead atoms. The van der Waals surface area contributed by atoms with E-state index in [0.717, 1.165) is 11.8 Å². The SMILES string of the molecule is CC(C)c1cc(C(=O)NCC(O)c2ccccc2C(F)(F)F)n(C)n1. The third kappa shape index (κ3) is 4.39. The maximum absolute atomic E-state index is 13.0. The number of rotatable bonds is 5. The highest BCUT2D eigenvalue weighted by atomic mass is 19.4. The lowest BCUT2D eigenvalue weighted by Crippen LogP contribution is -2.30. The topological polar surface area (TPSA) is 67.2 Å². The van der Waals surface area contributed by atoms with Crippen LogP contribution in [0.25, 0.3) is 0 Å². The summed E-state index contributed by atoms with van der Waals surface area (Å²) in [5, 5.41) is 16.7. The first-order valence-electron chi connectivity index (χ1n) is 7.77. The molecule has 0 aliphatic carbocycles. The third-order valence-corrected chi connectivity index (χ3v) is 3.80. The first-order chi connectivity index (χ1) is 11.6. The van der Waals surface area contributed by atoms with Crippen LogP contribution in [0.2, 0.25) is 0 Å². The lowest BCUT2D eigenvalue weighted by molar-refractivity contribution is -0.139. The second kappa shape index (κ2) is 7.26. The van der Waals surface area contributed by atoms with Crippen molar-refractivity contribution in [2.45, 2.75) is 32.0 Å². The largest absolute Gasteiger partial charge is 0.416 e. The van der Waals surface area contributed by atoms with Crippen molar-refractivity contribution in [3.05, 3.63) is 52.8 Å². The molecule has 0 saturated heterocycles. The number of aromatic nitrogens is 2. The van der Waals surface area contributed by atoms with Gasteiger partial charge < -0.3 is 10.4 Å². The van der Waals surface area contributed by atoms with Gasteiger partial charge in [-0.15, -0.1) is 0 Å². The Morgan fingerprint density at radius 2 is 1.96 bits per heavy atom. The van der Waals surface area contributed by atoms with E-state index in [0.29, 0.717) is 0 Å². The van der Waals surface area contributed by atoms with Gasteiger partial charge in [-0.2, -0.15) is 18.3 Å². The first-order valence-corrected chi connectivity index (χ1v) is 7.77. The van der Waals surface area contributed by atoms with Gasteiger partial charge >= 0.3 is 6.18 Å². The van der Waals surface area contributed by atoms with E-state index in [-0.39, 0.29) is 23.7 Å². The zero-order chi connectivity index (χ0) is 18.8. The fraction of sp³-hybridized carbons (Fsp3) is 0.412. The molecule has 1 atom stereocenters. The monoisotopic (exact) mass is 355 g/mol. The Balaban J connectivity index is 2.10. The number of nitrogens with zero attached hydrogens (tertiary/aromatic N) is 2. The Labute approximate surface area is 143 Å². The highest BCUT2D eigenvalue weighted by molar-refractivity contribution is 5.92. The van der Waals surface area contributed by atoms with Gasteiger partial charge in [-0.25, -0.2) is 0 Å². The van der Waals surface area contributed by atoms with Crippen molar-refractivity contribution >= 4 is 5.91 Å². The molecule has 136 valence electrons. The second-order valence-electron chi connectivity index (χ2n) is 6.04. The zero-order valence-electron chi connectivity index (χ0n) is 14.1. The van der Waals surface area contributed by atoms with Gasteiger partial charge in [0.15, 0.2) is 0 Å². The van der Waals surface area contributed by atoms with Gasteiger partial charge in [0.25, 0.3) is 5.91 Å². The number of hydrogen-bond acceptors (Lipinski definition) is 3. The summed E-state index contributed by atoms with van der Waals surface area (Å²) < 4.78 is 40.4. The summed E-state index contributed by atoms with van der Waals surface area (Å²) in [7, 11) is 1.61. The maximum Gasteiger partial charge on any atom is 0.416 e. The Kier molecular flexibility index (Phi) is 5.52. The van der Waals surface area contributed by atoms with Crippen molar-refractivity contribution in [1.82, 2.24) is 15.1 Å². The number of amides is 1. The molecule has 0 aliphatic rings. The van der Waals surface area contributed by atoms with Crippen LogP contribution in [0.3, 0.4) is 0 Å². The van der Waals surface area contributed by atoms with Crippen LogP contribution in [0.4, 0.5) is 13.2 Å². The zero-order valence-corrected chi connectivity index (χ0v) is 14.1. The highest BCUT2D eigenvalue weighted by Crippen LogP contribution is 2.34. The second-order valence-corrected chi connectivity index (χ2v) is 6.04. The number of alkyl halides is 3. The predicted molar refractivity (Wildman–Crippen MR) is 86.0 cm³/mol. The Morgan fingerprint density at radius 3 is 2.52 bits per heavy atom. The molecule has 0 radical (unpaired) electrons. The average Bonchev–Trinajstić information content (AvgIpc) is 2.93. The number of nitrogens with one attached hydrogen (secondary N) is 1. The van der Waals surface area contributed by atoms with Crippen LogP contribution in [-0.2, 0) is 13.2 Å². The number of aliphatic hydroxyl groups excluding tert-OH is 1. The lowest BCUT2D eigenvalue weighted by atomic mass is 10.0. The fourth-order valence-electron chi connectivity index (χ4n) is 2.42. The number of hydrogen-bond donors (Lipinski definition) is 2. The van der Waals surface area contributed by atoms with Crippen LogP contribution in [-0.4, -0.2) is 27.3 Å². The van der Waals surface area contributed by atoms with Crippen molar-refractivity contribution in [3.63, 3.8) is 0 Å². The normalized spacial score (nSPS) is 13.1. The van der Waals surface area contributed by atoms with E-state index < -0.39 is 23.8 Å². The van der Waals surface area contributed by atoms with E-state index in [2.05, 4.69) is 10.4 Å². The van der Waals surface area contributed by atoms with E-state index in [9.17, 15) is 23.1 Å². The Morgan fingerprint density at radius 1 is 1.32 bits per heavy atom. The molecule has 1 unspecified atom stereocenters. The third-order valence-electron chi connectivity index (χ3n) is 3.80. The van der Waals surface area contributed by atoms with Gasteiger partial charge in [0.05, 0.1) is 17.4 Å². The number of benzene rings is 1. The molecular formula is C17H20F3N3O2. The van der Waals surface area contributed by atoms with Gasteiger partial charge in [-0.1, -0.05) is 32.0 Å². The molecule has 0 fully saturated rings. The first kappa shape index (κ1) is 19.0. The van der Waals surface area contributed by atoms with E-state index in [4.69, 9.17) is 0 Å². The summed E-state index contributed by atoms with van der Waals surface area (Å²) in [6, 6.07) is 6.37. The summed E-state index contributed by atoms with van der Waals surface area (Å²) in [6.07, 6.45) is -6.05. The van der Waals surface area contributed by atoms with E-state index >= 15 is 0 Å². The molecule has 0 saturated carbocycles. The van der Waals surface area contributed by atoms with Crippen LogP contribution in [0.1, 0.15) is 53.2 Å². The Bertz CT molecular complexity index is 754. The molecule has 1 amide bonds. The van der Waals surface area contributed by atoms with Crippen molar-refractivity contribution in [1.29, 1.82) is 0 Å². The van der Waals surface area contributed by atoms with Gasteiger partial charge in [-0.05, 0) is 23.6 Å². The molecule has 1 aromatic carbocycles. The molecule has 0 spiro atoms. The number of aliphatic hydroxyl groups is 1.